The number of pyridine rings is 1. The first kappa shape index (κ1) is 15.0. The first-order chi connectivity index (χ1) is 12.2. The lowest BCUT2D eigenvalue weighted by atomic mass is 10.1. The fourth-order valence-electron chi connectivity index (χ4n) is 3.12. The van der Waals surface area contributed by atoms with Gasteiger partial charge in [0.05, 0.1) is 23.9 Å². The summed E-state index contributed by atoms with van der Waals surface area (Å²) in [4.78, 5) is 13.0. The Balaban J connectivity index is 1.94. The van der Waals surface area contributed by atoms with Gasteiger partial charge < -0.3 is 9.14 Å². The zero-order valence-electron chi connectivity index (χ0n) is 13.6. The van der Waals surface area contributed by atoms with E-state index in [4.69, 9.17) is 4.74 Å². The van der Waals surface area contributed by atoms with Gasteiger partial charge in [-0.05, 0) is 41.8 Å². The number of hydrogen-bond acceptors (Lipinski definition) is 3. The number of carbonyl (C=O) groups is 1. The Kier molecular flexibility index (Phi) is 3.48. The molecule has 0 atom stereocenters. The number of nitriles is 1. The predicted molar refractivity (Wildman–Crippen MR) is 96.0 cm³/mol. The van der Waals surface area contributed by atoms with Gasteiger partial charge in [0.1, 0.15) is 11.8 Å². The summed E-state index contributed by atoms with van der Waals surface area (Å²) in [6.07, 6.45) is 1.84. The van der Waals surface area contributed by atoms with Gasteiger partial charge in [0.2, 0.25) is 5.78 Å². The van der Waals surface area contributed by atoms with E-state index in [1.807, 2.05) is 36.5 Å². The van der Waals surface area contributed by atoms with Crippen LogP contribution in [0.4, 0.5) is 0 Å². The van der Waals surface area contributed by atoms with E-state index in [1.165, 1.54) is 0 Å². The molecule has 0 fully saturated rings. The Hall–Kier alpha value is -3.58. The maximum Gasteiger partial charge on any atom is 0.209 e. The van der Waals surface area contributed by atoms with Gasteiger partial charge in [-0.25, -0.2) is 0 Å². The summed E-state index contributed by atoms with van der Waals surface area (Å²) in [6, 6.07) is 20.6. The van der Waals surface area contributed by atoms with E-state index in [0.29, 0.717) is 22.6 Å². The van der Waals surface area contributed by atoms with Crippen LogP contribution in [0, 0.1) is 11.3 Å². The van der Waals surface area contributed by atoms with Crippen LogP contribution in [0.5, 0.6) is 5.75 Å². The minimum atomic E-state index is -0.130. The van der Waals surface area contributed by atoms with Crippen LogP contribution in [0.2, 0.25) is 0 Å². The smallest absolute Gasteiger partial charge is 0.209 e. The summed E-state index contributed by atoms with van der Waals surface area (Å²) < 4.78 is 6.93. The van der Waals surface area contributed by atoms with Gasteiger partial charge in [0.15, 0.2) is 0 Å². The molecule has 0 spiro atoms. The Morgan fingerprint density at radius 1 is 1.08 bits per heavy atom. The first-order valence-corrected chi connectivity index (χ1v) is 7.84. The number of ketones is 1. The number of aromatic nitrogens is 1. The number of rotatable bonds is 3. The highest BCUT2D eigenvalue weighted by Crippen LogP contribution is 2.27. The average Bonchev–Trinajstić information content (AvgIpc) is 3.06. The van der Waals surface area contributed by atoms with Crippen LogP contribution in [-0.4, -0.2) is 17.3 Å². The number of methoxy groups -OCH3 is 1. The summed E-state index contributed by atoms with van der Waals surface area (Å²) in [5.41, 5.74) is 2.28. The molecule has 0 amide bonds. The topological polar surface area (TPSA) is 54.5 Å². The molecule has 0 unspecified atom stereocenters. The van der Waals surface area contributed by atoms with Crippen LogP contribution in [0.3, 0.4) is 0 Å². The van der Waals surface area contributed by atoms with Crippen LogP contribution in [-0.2, 0) is 0 Å². The quantitative estimate of drug-likeness (QED) is 0.530. The van der Waals surface area contributed by atoms with Crippen molar-refractivity contribution in [1.82, 2.24) is 4.40 Å². The summed E-state index contributed by atoms with van der Waals surface area (Å²) in [5.74, 6) is 0.565. The molecular weight excluding hydrogens is 312 g/mol. The van der Waals surface area contributed by atoms with Crippen LogP contribution in [0.1, 0.15) is 21.6 Å². The Labute approximate surface area is 144 Å². The van der Waals surface area contributed by atoms with E-state index < -0.39 is 0 Å². The molecule has 0 bridgehead atoms. The number of benzene rings is 2. The normalized spacial score (nSPS) is 10.7. The second kappa shape index (κ2) is 5.81. The van der Waals surface area contributed by atoms with Gasteiger partial charge in [-0.1, -0.05) is 24.3 Å². The molecule has 4 aromatic rings. The van der Waals surface area contributed by atoms with Gasteiger partial charge in [0.25, 0.3) is 0 Å². The van der Waals surface area contributed by atoms with Crippen molar-refractivity contribution in [2.75, 3.05) is 7.11 Å². The second-order valence-electron chi connectivity index (χ2n) is 5.73. The molecule has 4 heteroatoms. The Bertz CT molecular complexity index is 1150. The van der Waals surface area contributed by atoms with E-state index in [9.17, 15) is 10.1 Å². The monoisotopic (exact) mass is 326 g/mol. The van der Waals surface area contributed by atoms with Gasteiger partial charge in [-0.3, -0.25) is 4.79 Å². The molecule has 2 aromatic heterocycles. The number of fused-ring (bicyclic) bond motifs is 3. The zero-order chi connectivity index (χ0) is 17.4. The van der Waals surface area contributed by atoms with Crippen LogP contribution < -0.4 is 4.74 Å². The molecule has 0 aliphatic rings. The summed E-state index contributed by atoms with van der Waals surface area (Å²) in [7, 11) is 1.59. The fraction of sp³-hybridized carbons (Fsp3) is 0.0476. The Morgan fingerprint density at radius 3 is 2.56 bits per heavy atom. The number of carbonyl (C=O) groups excluding carboxylic acids is 1. The Morgan fingerprint density at radius 2 is 1.84 bits per heavy atom. The van der Waals surface area contributed by atoms with Crippen molar-refractivity contribution in [3.05, 3.63) is 83.7 Å². The predicted octanol–water partition coefficient (Wildman–Crippen LogP) is 4.20. The van der Waals surface area contributed by atoms with Gasteiger partial charge >= 0.3 is 0 Å². The summed E-state index contributed by atoms with van der Waals surface area (Å²) in [6.45, 7) is 0. The van der Waals surface area contributed by atoms with Crippen LogP contribution in [0.15, 0.2) is 66.9 Å². The molecule has 0 radical (unpaired) electrons. The maximum absolute atomic E-state index is 13.0. The molecule has 0 N–H and O–H groups in total. The third kappa shape index (κ3) is 2.34. The molecule has 25 heavy (non-hydrogen) atoms. The van der Waals surface area contributed by atoms with E-state index in [0.717, 1.165) is 16.3 Å². The van der Waals surface area contributed by atoms with Crippen molar-refractivity contribution in [3.63, 3.8) is 0 Å². The van der Waals surface area contributed by atoms with Crippen molar-refractivity contribution in [3.8, 4) is 11.8 Å². The molecule has 2 heterocycles. The lowest BCUT2D eigenvalue weighted by molar-refractivity contribution is 0.103. The molecule has 0 saturated heterocycles. The SMILES string of the molecule is COc1ccc(C(=O)c2cc(C#N)c3c4ccccc4ccn23)cc1. The lowest BCUT2D eigenvalue weighted by Crippen LogP contribution is -2.05. The largest absolute Gasteiger partial charge is 0.497 e. The third-order valence-corrected chi connectivity index (χ3v) is 4.36. The number of ether oxygens (including phenoxy) is 1. The lowest BCUT2D eigenvalue weighted by Gasteiger charge is -2.06. The van der Waals surface area contributed by atoms with Gasteiger partial charge in [-0.2, -0.15) is 5.26 Å². The number of nitrogens with zero attached hydrogens (tertiary/aromatic N) is 2. The molecule has 4 rings (SSSR count). The highest BCUT2D eigenvalue weighted by Gasteiger charge is 2.18. The third-order valence-electron chi connectivity index (χ3n) is 4.36. The molecule has 0 aliphatic carbocycles. The fourth-order valence-corrected chi connectivity index (χ4v) is 3.12. The van der Waals surface area contributed by atoms with Crippen molar-refractivity contribution in [2.24, 2.45) is 0 Å². The maximum atomic E-state index is 13.0. The highest BCUT2D eigenvalue weighted by atomic mass is 16.5. The van der Waals surface area contributed by atoms with E-state index in [1.54, 1.807) is 41.8 Å². The molecule has 0 aliphatic heterocycles. The zero-order valence-corrected chi connectivity index (χ0v) is 13.6. The van der Waals surface area contributed by atoms with Crippen molar-refractivity contribution < 1.29 is 9.53 Å². The first-order valence-electron chi connectivity index (χ1n) is 7.84. The van der Waals surface area contributed by atoms with E-state index in [-0.39, 0.29) is 5.78 Å². The molecule has 0 saturated carbocycles. The van der Waals surface area contributed by atoms with Crippen molar-refractivity contribution in [1.29, 1.82) is 5.26 Å². The molecule has 2 aromatic carbocycles. The van der Waals surface area contributed by atoms with Gasteiger partial charge in [0, 0.05) is 17.1 Å². The van der Waals surface area contributed by atoms with Crippen LogP contribution >= 0.6 is 0 Å². The highest BCUT2D eigenvalue weighted by molar-refractivity contribution is 6.11. The average molecular weight is 326 g/mol. The minimum absolute atomic E-state index is 0.130. The standard InChI is InChI=1S/C21H14N2O2/c1-25-17-8-6-15(7-9-17)21(24)19-12-16(13-22)20-18-5-3-2-4-14(18)10-11-23(19)20/h2-12H,1H3. The van der Waals surface area contributed by atoms with E-state index >= 15 is 0 Å². The van der Waals surface area contributed by atoms with Gasteiger partial charge in [-0.15, -0.1) is 0 Å². The summed E-state index contributed by atoms with van der Waals surface area (Å²) in [5, 5.41) is 11.5. The molecular formula is C21H14N2O2. The molecule has 4 nitrogen and oxygen atoms in total. The second-order valence-corrected chi connectivity index (χ2v) is 5.73. The van der Waals surface area contributed by atoms with Crippen molar-refractivity contribution in [2.45, 2.75) is 0 Å². The number of hydrogen-bond donors (Lipinski definition) is 0. The van der Waals surface area contributed by atoms with E-state index in [2.05, 4.69) is 6.07 Å². The minimum Gasteiger partial charge on any atom is -0.497 e. The van der Waals surface area contributed by atoms with Crippen LogP contribution in [0.25, 0.3) is 16.3 Å². The summed E-state index contributed by atoms with van der Waals surface area (Å²) >= 11 is 0. The molecule has 120 valence electrons. The van der Waals surface area contributed by atoms with Crippen molar-refractivity contribution >= 4 is 22.1 Å².